The van der Waals surface area contributed by atoms with E-state index < -0.39 is 0 Å². The van der Waals surface area contributed by atoms with Crippen LogP contribution in [0.5, 0.6) is 5.75 Å². The molecule has 1 aliphatic carbocycles. The van der Waals surface area contributed by atoms with Crippen LogP contribution in [0.25, 0.3) is 0 Å². The summed E-state index contributed by atoms with van der Waals surface area (Å²) >= 11 is 0. The zero-order valence-corrected chi connectivity index (χ0v) is 16.6. The molecular formula is C22H35N3O. The Balaban J connectivity index is 1.36. The second-order valence-corrected chi connectivity index (χ2v) is 8.49. The first-order valence-corrected chi connectivity index (χ1v) is 10.6. The van der Waals surface area contributed by atoms with E-state index in [0.717, 1.165) is 38.0 Å². The highest BCUT2D eigenvalue weighted by molar-refractivity contribution is 5.36. The van der Waals surface area contributed by atoms with Crippen LogP contribution in [0.4, 0.5) is 0 Å². The van der Waals surface area contributed by atoms with Crippen molar-refractivity contribution in [1.29, 1.82) is 0 Å². The largest absolute Gasteiger partial charge is 0.490 e. The number of piperidine rings is 1. The zero-order chi connectivity index (χ0) is 17.9. The molecule has 2 heterocycles. The lowest BCUT2D eigenvalue weighted by atomic mass is 9.89. The van der Waals surface area contributed by atoms with E-state index in [9.17, 15) is 0 Å². The number of hydrogen-bond acceptors (Lipinski definition) is 4. The number of ether oxygens (including phenoxy) is 1. The fraction of sp³-hybridized carbons (Fsp3) is 0.727. The standard InChI is InChI=1S/C22H35N3O/c1-18(24-16-14-23(2)15-17-24)21-8-3-4-9-22(21)26-20-10-12-25(13-11-20)19-6-5-7-19/h3-4,8-9,18-20H,5-7,10-17H2,1-2H3. The van der Waals surface area contributed by atoms with E-state index in [1.807, 2.05) is 0 Å². The number of nitrogens with zero attached hydrogens (tertiary/aromatic N) is 3. The van der Waals surface area contributed by atoms with Gasteiger partial charge in [0.2, 0.25) is 0 Å². The lowest BCUT2D eigenvalue weighted by Crippen LogP contribution is -2.47. The number of para-hydroxylation sites is 1. The van der Waals surface area contributed by atoms with E-state index in [0.29, 0.717) is 12.1 Å². The lowest BCUT2D eigenvalue weighted by molar-refractivity contribution is 0.0477. The molecule has 0 aromatic heterocycles. The fourth-order valence-electron chi connectivity index (χ4n) is 4.63. The summed E-state index contributed by atoms with van der Waals surface area (Å²) in [4.78, 5) is 7.71. The van der Waals surface area contributed by atoms with Crippen LogP contribution in [0.2, 0.25) is 0 Å². The van der Waals surface area contributed by atoms with Crippen molar-refractivity contribution in [2.75, 3.05) is 46.3 Å². The van der Waals surface area contributed by atoms with E-state index in [2.05, 4.69) is 52.9 Å². The van der Waals surface area contributed by atoms with Crippen molar-refractivity contribution in [2.24, 2.45) is 0 Å². The average molecular weight is 358 g/mol. The fourth-order valence-corrected chi connectivity index (χ4v) is 4.63. The molecule has 1 saturated carbocycles. The van der Waals surface area contributed by atoms with Crippen molar-refractivity contribution in [1.82, 2.24) is 14.7 Å². The Kier molecular flexibility index (Phi) is 5.82. The van der Waals surface area contributed by atoms with Crippen LogP contribution in [0, 0.1) is 0 Å². The predicted molar refractivity (Wildman–Crippen MR) is 107 cm³/mol. The van der Waals surface area contributed by atoms with Crippen molar-refractivity contribution < 1.29 is 4.74 Å². The molecule has 3 fully saturated rings. The third-order valence-corrected chi connectivity index (χ3v) is 6.82. The summed E-state index contributed by atoms with van der Waals surface area (Å²) in [6.45, 7) is 9.38. The maximum Gasteiger partial charge on any atom is 0.124 e. The molecule has 1 aromatic rings. The monoisotopic (exact) mass is 357 g/mol. The molecule has 1 atom stereocenters. The molecule has 4 heteroatoms. The van der Waals surface area contributed by atoms with Crippen molar-refractivity contribution in [2.45, 2.75) is 57.2 Å². The lowest BCUT2D eigenvalue weighted by Gasteiger charge is -2.42. The number of piperazine rings is 1. The normalized spacial score (nSPS) is 25.8. The molecule has 1 unspecified atom stereocenters. The molecule has 1 aromatic carbocycles. The van der Waals surface area contributed by atoms with Crippen LogP contribution in [0.15, 0.2) is 24.3 Å². The first kappa shape index (κ1) is 18.3. The van der Waals surface area contributed by atoms with Gasteiger partial charge in [-0.1, -0.05) is 24.6 Å². The van der Waals surface area contributed by atoms with Crippen molar-refractivity contribution in [3.05, 3.63) is 29.8 Å². The molecule has 2 aliphatic heterocycles. The number of benzene rings is 1. The Morgan fingerprint density at radius 3 is 2.27 bits per heavy atom. The molecule has 0 N–H and O–H groups in total. The SMILES string of the molecule is CC(c1ccccc1OC1CCN(C2CCC2)CC1)N1CCN(C)CC1. The van der Waals surface area contributed by atoms with Gasteiger partial charge in [-0.25, -0.2) is 0 Å². The highest BCUT2D eigenvalue weighted by atomic mass is 16.5. The Labute approximate surface area is 159 Å². The summed E-state index contributed by atoms with van der Waals surface area (Å²) in [5.41, 5.74) is 1.36. The summed E-state index contributed by atoms with van der Waals surface area (Å²) in [5.74, 6) is 1.11. The second kappa shape index (κ2) is 8.28. The topological polar surface area (TPSA) is 19.0 Å². The van der Waals surface area contributed by atoms with Gasteiger partial charge in [0.15, 0.2) is 0 Å². The maximum atomic E-state index is 6.54. The van der Waals surface area contributed by atoms with Crippen LogP contribution in [-0.2, 0) is 0 Å². The summed E-state index contributed by atoms with van der Waals surface area (Å²) in [7, 11) is 2.22. The van der Waals surface area contributed by atoms with E-state index in [-0.39, 0.29) is 0 Å². The third-order valence-electron chi connectivity index (χ3n) is 6.82. The maximum absolute atomic E-state index is 6.54. The summed E-state index contributed by atoms with van der Waals surface area (Å²) in [6.07, 6.45) is 6.99. The van der Waals surface area contributed by atoms with Crippen molar-refractivity contribution in [3.8, 4) is 5.75 Å². The van der Waals surface area contributed by atoms with Gasteiger partial charge in [0.25, 0.3) is 0 Å². The predicted octanol–water partition coefficient (Wildman–Crippen LogP) is 3.39. The highest BCUT2D eigenvalue weighted by Gasteiger charge is 2.30. The van der Waals surface area contributed by atoms with Crippen molar-refractivity contribution >= 4 is 0 Å². The van der Waals surface area contributed by atoms with Gasteiger partial charge in [-0.15, -0.1) is 0 Å². The molecular weight excluding hydrogens is 322 g/mol. The minimum atomic E-state index is 0.382. The highest BCUT2D eigenvalue weighted by Crippen LogP contribution is 2.33. The molecule has 3 aliphatic rings. The van der Waals surface area contributed by atoms with Gasteiger partial charge in [0, 0.05) is 56.9 Å². The molecule has 0 amide bonds. The van der Waals surface area contributed by atoms with Gasteiger partial charge >= 0.3 is 0 Å². The van der Waals surface area contributed by atoms with Gasteiger partial charge in [-0.2, -0.15) is 0 Å². The Morgan fingerprint density at radius 1 is 0.923 bits per heavy atom. The van der Waals surface area contributed by atoms with Crippen molar-refractivity contribution in [3.63, 3.8) is 0 Å². The molecule has 4 nitrogen and oxygen atoms in total. The van der Waals surface area contributed by atoms with Gasteiger partial charge in [-0.05, 0) is 45.7 Å². The van der Waals surface area contributed by atoms with Gasteiger partial charge in [0.05, 0.1) is 0 Å². The molecule has 0 bridgehead atoms. The van der Waals surface area contributed by atoms with Crippen LogP contribution in [0.3, 0.4) is 0 Å². The first-order valence-electron chi connectivity index (χ1n) is 10.6. The Hall–Kier alpha value is -1.10. The average Bonchev–Trinajstić information content (AvgIpc) is 2.62. The van der Waals surface area contributed by atoms with Crippen LogP contribution < -0.4 is 4.74 Å². The second-order valence-electron chi connectivity index (χ2n) is 8.49. The summed E-state index contributed by atoms with van der Waals surface area (Å²) < 4.78 is 6.54. The third kappa shape index (κ3) is 4.08. The van der Waals surface area contributed by atoms with Crippen LogP contribution >= 0.6 is 0 Å². The first-order chi connectivity index (χ1) is 12.7. The summed E-state index contributed by atoms with van der Waals surface area (Å²) in [5, 5.41) is 0. The zero-order valence-electron chi connectivity index (χ0n) is 16.6. The molecule has 144 valence electrons. The Bertz CT molecular complexity index is 573. The number of likely N-dealkylation sites (N-methyl/N-ethyl adjacent to an activating group) is 1. The number of likely N-dealkylation sites (tertiary alicyclic amines) is 1. The Morgan fingerprint density at radius 2 is 1.62 bits per heavy atom. The molecule has 0 spiro atoms. The molecule has 0 radical (unpaired) electrons. The van der Waals surface area contributed by atoms with E-state index in [1.54, 1.807) is 0 Å². The van der Waals surface area contributed by atoms with Gasteiger partial charge in [-0.3, -0.25) is 4.90 Å². The van der Waals surface area contributed by atoms with Gasteiger partial charge in [0.1, 0.15) is 11.9 Å². The van der Waals surface area contributed by atoms with Gasteiger partial charge < -0.3 is 14.5 Å². The minimum Gasteiger partial charge on any atom is -0.490 e. The van der Waals surface area contributed by atoms with Crippen LogP contribution in [-0.4, -0.2) is 73.2 Å². The van der Waals surface area contributed by atoms with Crippen LogP contribution in [0.1, 0.15) is 50.6 Å². The summed E-state index contributed by atoms with van der Waals surface area (Å²) in [6, 6.07) is 10.0. The molecule has 4 rings (SSSR count). The number of hydrogen-bond donors (Lipinski definition) is 0. The number of rotatable bonds is 5. The van der Waals surface area contributed by atoms with E-state index in [1.165, 1.54) is 50.8 Å². The van der Waals surface area contributed by atoms with E-state index in [4.69, 9.17) is 4.74 Å². The van der Waals surface area contributed by atoms with E-state index >= 15 is 0 Å². The molecule has 2 saturated heterocycles. The quantitative estimate of drug-likeness (QED) is 0.804. The molecule has 26 heavy (non-hydrogen) atoms. The smallest absolute Gasteiger partial charge is 0.124 e. The minimum absolute atomic E-state index is 0.382.